The molecule has 6 heteroatoms. The number of hydrogen-bond acceptors (Lipinski definition) is 3. The van der Waals surface area contributed by atoms with Gasteiger partial charge in [0.2, 0.25) is 0 Å². The van der Waals surface area contributed by atoms with Crippen molar-refractivity contribution in [2.75, 3.05) is 13.1 Å². The van der Waals surface area contributed by atoms with E-state index < -0.39 is 11.9 Å². The third-order valence-electron chi connectivity index (χ3n) is 4.28. The molecule has 1 atom stereocenters. The Hall–Kier alpha value is -2.37. The molecule has 2 aromatic heterocycles. The Morgan fingerprint density at radius 1 is 1.36 bits per heavy atom. The molecule has 2 aromatic rings. The number of carbonyl (C=O) groups is 2. The van der Waals surface area contributed by atoms with E-state index in [4.69, 9.17) is 0 Å². The molecule has 3 rings (SSSR count). The molecule has 1 aliphatic rings. The molecular weight excluding hydrogens is 282 g/mol. The highest BCUT2D eigenvalue weighted by Gasteiger charge is 2.30. The van der Waals surface area contributed by atoms with E-state index in [0.29, 0.717) is 24.4 Å². The predicted molar refractivity (Wildman–Crippen MR) is 80.9 cm³/mol. The smallest absolute Gasteiger partial charge is 0.308 e. The molecule has 1 fully saturated rings. The summed E-state index contributed by atoms with van der Waals surface area (Å²) in [5, 5.41) is 9.18. The number of imidazole rings is 1. The van der Waals surface area contributed by atoms with Gasteiger partial charge >= 0.3 is 5.97 Å². The molecule has 1 saturated heterocycles. The number of likely N-dealkylation sites (tertiary alicyclic amines) is 1. The normalized spacial score (nSPS) is 18.6. The molecule has 0 bridgehead atoms. The van der Waals surface area contributed by atoms with E-state index in [9.17, 15) is 14.7 Å². The van der Waals surface area contributed by atoms with Crippen LogP contribution in [0.4, 0.5) is 0 Å². The number of amides is 1. The van der Waals surface area contributed by atoms with Gasteiger partial charge in [0.15, 0.2) is 0 Å². The Balaban J connectivity index is 1.97. The maximum Gasteiger partial charge on any atom is 0.308 e. The number of carboxylic acid groups (broad SMARTS) is 1. The average Bonchev–Trinajstić information content (AvgIpc) is 2.84. The van der Waals surface area contributed by atoms with Gasteiger partial charge in [-0.3, -0.25) is 14.0 Å². The average molecular weight is 301 g/mol. The molecule has 6 nitrogen and oxygen atoms in total. The summed E-state index contributed by atoms with van der Waals surface area (Å²) in [6.45, 7) is 4.64. The maximum atomic E-state index is 12.8. The van der Waals surface area contributed by atoms with Crippen molar-refractivity contribution in [3.05, 3.63) is 35.3 Å². The fraction of sp³-hybridized carbons (Fsp3) is 0.438. The minimum absolute atomic E-state index is 0.137. The summed E-state index contributed by atoms with van der Waals surface area (Å²) >= 11 is 0. The predicted octanol–water partition coefficient (Wildman–Crippen LogP) is 1.89. The summed E-state index contributed by atoms with van der Waals surface area (Å²) in [5.74, 6) is -1.44. The van der Waals surface area contributed by atoms with Gasteiger partial charge in [0.05, 0.1) is 11.6 Å². The van der Waals surface area contributed by atoms with Crippen molar-refractivity contribution in [2.45, 2.75) is 26.7 Å². The fourth-order valence-corrected chi connectivity index (χ4v) is 3.09. The molecule has 0 aliphatic carbocycles. The first-order valence-corrected chi connectivity index (χ1v) is 7.45. The highest BCUT2D eigenvalue weighted by molar-refractivity contribution is 5.95. The second-order valence-electron chi connectivity index (χ2n) is 5.86. The number of aryl methyl sites for hydroxylation is 2. The number of carbonyl (C=O) groups excluding carboxylic acids is 1. The van der Waals surface area contributed by atoms with Gasteiger partial charge < -0.3 is 10.0 Å². The van der Waals surface area contributed by atoms with Crippen LogP contribution in [0.25, 0.3) is 5.65 Å². The van der Waals surface area contributed by atoms with Gasteiger partial charge in [-0.15, -0.1) is 0 Å². The van der Waals surface area contributed by atoms with Crippen molar-refractivity contribution in [3.8, 4) is 0 Å². The van der Waals surface area contributed by atoms with Crippen LogP contribution in [0, 0.1) is 19.8 Å². The zero-order valence-electron chi connectivity index (χ0n) is 12.7. The van der Waals surface area contributed by atoms with Gasteiger partial charge in [0.1, 0.15) is 11.3 Å². The third-order valence-corrected chi connectivity index (χ3v) is 4.28. The van der Waals surface area contributed by atoms with E-state index >= 15 is 0 Å². The zero-order valence-corrected chi connectivity index (χ0v) is 12.7. The van der Waals surface area contributed by atoms with E-state index in [1.54, 1.807) is 9.30 Å². The molecule has 0 aromatic carbocycles. The molecule has 3 heterocycles. The quantitative estimate of drug-likeness (QED) is 0.919. The molecule has 0 saturated carbocycles. The van der Waals surface area contributed by atoms with Crippen LogP contribution in [0.15, 0.2) is 18.3 Å². The highest BCUT2D eigenvalue weighted by atomic mass is 16.4. The van der Waals surface area contributed by atoms with Gasteiger partial charge in [0, 0.05) is 19.3 Å². The number of carboxylic acids is 1. The van der Waals surface area contributed by atoms with Crippen molar-refractivity contribution < 1.29 is 14.7 Å². The number of aromatic nitrogens is 2. The third kappa shape index (κ3) is 2.34. The molecule has 1 unspecified atom stereocenters. The summed E-state index contributed by atoms with van der Waals surface area (Å²) < 4.78 is 1.80. The van der Waals surface area contributed by atoms with Gasteiger partial charge in [-0.1, -0.05) is 6.07 Å². The standard InChI is InChI=1S/C16H19N3O3/c1-10-5-3-8-19-13(11(2)17-14(10)19)15(20)18-7-4-6-12(9-18)16(21)22/h3,5,8,12H,4,6-7,9H2,1-2H3,(H,21,22). The molecule has 0 spiro atoms. The van der Waals surface area contributed by atoms with E-state index in [1.807, 2.05) is 32.2 Å². The second kappa shape index (κ2) is 5.44. The SMILES string of the molecule is Cc1nc2c(C)cccn2c1C(=O)N1CCCC(C(=O)O)C1. The van der Waals surface area contributed by atoms with E-state index in [-0.39, 0.29) is 12.5 Å². The van der Waals surface area contributed by atoms with Crippen LogP contribution in [0.1, 0.15) is 34.6 Å². The van der Waals surface area contributed by atoms with Crippen molar-refractivity contribution in [1.82, 2.24) is 14.3 Å². The first-order valence-electron chi connectivity index (χ1n) is 7.45. The van der Waals surface area contributed by atoms with Crippen molar-refractivity contribution in [3.63, 3.8) is 0 Å². The van der Waals surface area contributed by atoms with Crippen LogP contribution in [-0.2, 0) is 4.79 Å². The number of fused-ring (bicyclic) bond motifs is 1. The van der Waals surface area contributed by atoms with Crippen LogP contribution < -0.4 is 0 Å². The lowest BCUT2D eigenvalue weighted by Gasteiger charge is -2.30. The maximum absolute atomic E-state index is 12.8. The number of pyridine rings is 1. The van der Waals surface area contributed by atoms with Crippen molar-refractivity contribution >= 4 is 17.5 Å². The Kier molecular flexibility index (Phi) is 3.60. The van der Waals surface area contributed by atoms with Gasteiger partial charge in [0.25, 0.3) is 5.91 Å². The van der Waals surface area contributed by atoms with Crippen LogP contribution in [0.3, 0.4) is 0 Å². The van der Waals surface area contributed by atoms with Gasteiger partial charge in [-0.05, 0) is 38.3 Å². The van der Waals surface area contributed by atoms with Crippen molar-refractivity contribution in [1.29, 1.82) is 0 Å². The first-order chi connectivity index (χ1) is 10.5. The highest BCUT2D eigenvalue weighted by Crippen LogP contribution is 2.22. The van der Waals surface area contributed by atoms with Crippen molar-refractivity contribution in [2.24, 2.45) is 5.92 Å². The Morgan fingerprint density at radius 2 is 2.14 bits per heavy atom. The fourth-order valence-electron chi connectivity index (χ4n) is 3.09. The number of piperidine rings is 1. The minimum atomic E-state index is -0.830. The monoisotopic (exact) mass is 301 g/mol. The summed E-state index contributed by atoms with van der Waals surface area (Å²) in [6, 6.07) is 3.84. The molecule has 1 aliphatic heterocycles. The van der Waals surface area contributed by atoms with E-state index in [2.05, 4.69) is 4.98 Å². The number of rotatable bonds is 2. The summed E-state index contributed by atoms with van der Waals surface area (Å²) in [4.78, 5) is 30.1. The molecule has 0 radical (unpaired) electrons. The lowest BCUT2D eigenvalue weighted by molar-refractivity contribution is -0.143. The Bertz CT molecular complexity index is 750. The first kappa shape index (κ1) is 14.6. The van der Waals surface area contributed by atoms with Crippen LogP contribution in [-0.4, -0.2) is 44.4 Å². The van der Waals surface area contributed by atoms with Crippen LogP contribution in [0.5, 0.6) is 0 Å². The van der Waals surface area contributed by atoms with Gasteiger partial charge in [-0.25, -0.2) is 4.98 Å². The summed E-state index contributed by atoms with van der Waals surface area (Å²) in [7, 11) is 0. The lowest BCUT2D eigenvalue weighted by atomic mass is 9.98. The molecule has 1 amide bonds. The second-order valence-corrected chi connectivity index (χ2v) is 5.86. The molecule has 22 heavy (non-hydrogen) atoms. The topological polar surface area (TPSA) is 74.9 Å². The van der Waals surface area contributed by atoms with E-state index in [1.165, 1.54) is 0 Å². The molecular formula is C16H19N3O3. The van der Waals surface area contributed by atoms with Crippen LogP contribution >= 0.6 is 0 Å². The number of aliphatic carboxylic acids is 1. The van der Waals surface area contributed by atoms with E-state index in [0.717, 1.165) is 17.6 Å². The zero-order chi connectivity index (χ0) is 15.9. The summed E-state index contributed by atoms with van der Waals surface area (Å²) in [5.41, 5.74) is 2.99. The van der Waals surface area contributed by atoms with Gasteiger partial charge in [-0.2, -0.15) is 0 Å². The Morgan fingerprint density at radius 3 is 2.86 bits per heavy atom. The summed E-state index contributed by atoms with van der Waals surface area (Å²) in [6.07, 6.45) is 3.18. The molecule has 116 valence electrons. The largest absolute Gasteiger partial charge is 0.481 e. The van der Waals surface area contributed by atoms with Crippen LogP contribution in [0.2, 0.25) is 0 Å². The number of hydrogen-bond donors (Lipinski definition) is 1. The molecule has 1 N–H and O–H groups in total. The number of nitrogens with zero attached hydrogens (tertiary/aromatic N) is 3. The lowest BCUT2D eigenvalue weighted by Crippen LogP contribution is -2.42. The minimum Gasteiger partial charge on any atom is -0.481 e. The Labute approximate surface area is 128 Å².